The lowest BCUT2D eigenvalue weighted by atomic mass is 9.99. The summed E-state index contributed by atoms with van der Waals surface area (Å²) in [6, 6.07) is 1.99. The third-order valence-corrected chi connectivity index (χ3v) is 5.04. The van der Waals surface area contributed by atoms with Crippen molar-refractivity contribution in [2.45, 2.75) is 26.2 Å². The second-order valence-electron chi connectivity index (χ2n) is 5.94. The van der Waals surface area contributed by atoms with Gasteiger partial charge in [-0.05, 0) is 25.7 Å². The molecule has 3 heterocycles. The average molecular weight is 333 g/mol. The summed E-state index contributed by atoms with van der Waals surface area (Å²) in [6.45, 7) is 4.99. The number of aliphatic hydroxyl groups excluding tert-OH is 1. The first-order chi connectivity index (χ1) is 11.2. The standard InChI is InChI=1S/C16H23N5OS/c1-12-8-18-16(23-12)4-5-17-14-7-15(20-11-19-14)21-6-2-3-13(9-21)10-22/h7-8,11,13,22H,2-6,9-10H2,1H3,(H,17,19,20). The topological polar surface area (TPSA) is 74.2 Å². The van der Waals surface area contributed by atoms with E-state index in [4.69, 9.17) is 0 Å². The summed E-state index contributed by atoms with van der Waals surface area (Å²) >= 11 is 1.74. The maximum Gasteiger partial charge on any atom is 0.134 e. The number of hydrogen-bond acceptors (Lipinski definition) is 7. The second kappa shape index (κ2) is 7.70. The third-order valence-electron chi connectivity index (χ3n) is 4.07. The van der Waals surface area contributed by atoms with Crippen molar-refractivity contribution >= 4 is 23.0 Å². The normalized spacial score (nSPS) is 18.2. The lowest BCUT2D eigenvalue weighted by Crippen LogP contribution is -2.37. The van der Waals surface area contributed by atoms with Crippen LogP contribution in [0.2, 0.25) is 0 Å². The Labute approximate surface area is 140 Å². The highest BCUT2D eigenvalue weighted by Crippen LogP contribution is 2.22. The van der Waals surface area contributed by atoms with Crippen molar-refractivity contribution in [1.29, 1.82) is 0 Å². The molecule has 0 spiro atoms. The van der Waals surface area contributed by atoms with E-state index < -0.39 is 0 Å². The molecule has 6 nitrogen and oxygen atoms in total. The third kappa shape index (κ3) is 4.39. The van der Waals surface area contributed by atoms with Crippen LogP contribution in [0.5, 0.6) is 0 Å². The Morgan fingerprint density at radius 3 is 3.09 bits per heavy atom. The molecular formula is C16H23N5OS. The van der Waals surface area contributed by atoms with Gasteiger partial charge in [-0.15, -0.1) is 11.3 Å². The molecule has 1 fully saturated rings. The number of nitrogens with zero attached hydrogens (tertiary/aromatic N) is 4. The van der Waals surface area contributed by atoms with E-state index in [0.717, 1.165) is 55.5 Å². The zero-order valence-corrected chi connectivity index (χ0v) is 14.2. The first kappa shape index (κ1) is 16.1. The minimum absolute atomic E-state index is 0.250. The number of anilines is 2. The minimum atomic E-state index is 0.250. The van der Waals surface area contributed by atoms with Gasteiger partial charge in [-0.3, -0.25) is 0 Å². The second-order valence-corrected chi connectivity index (χ2v) is 7.26. The molecule has 7 heteroatoms. The van der Waals surface area contributed by atoms with Gasteiger partial charge in [0.1, 0.15) is 18.0 Å². The number of nitrogens with one attached hydrogen (secondary N) is 1. The van der Waals surface area contributed by atoms with Crippen molar-refractivity contribution in [3.8, 4) is 0 Å². The molecule has 0 radical (unpaired) electrons. The Hall–Kier alpha value is -1.73. The van der Waals surface area contributed by atoms with Crippen molar-refractivity contribution in [3.05, 3.63) is 28.5 Å². The molecule has 1 aliphatic rings. The number of thiazole rings is 1. The highest BCUT2D eigenvalue weighted by molar-refractivity contribution is 7.11. The Kier molecular flexibility index (Phi) is 5.40. The zero-order valence-electron chi connectivity index (χ0n) is 13.4. The van der Waals surface area contributed by atoms with Crippen LogP contribution in [0.4, 0.5) is 11.6 Å². The molecule has 1 unspecified atom stereocenters. The molecule has 3 rings (SSSR count). The van der Waals surface area contributed by atoms with Crippen LogP contribution < -0.4 is 10.2 Å². The summed E-state index contributed by atoms with van der Waals surface area (Å²) in [5.74, 6) is 2.13. The van der Waals surface area contributed by atoms with E-state index in [0.29, 0.717) is 5.92 Å². The van der Waals surface area contributed by atoms with Crippen LogP contribution in [0.15, 0.2) is 18.6 Å². The van der Waals surface area contributed by atoms with Gasteiger partial charge in [0.2, 0.25) is 0 Å². The van der Waals surface area contributed by atoms with Crippen LogP contribution in [0.3, 0.4) is 0 Å². The van der Waals surface area contributed by atoms with Gasteiger partial charge in [0.25, 0.3) is 0 Å². The van der Waals surface area contributed by atoms with Gasteiger partial charge in [0.15, 0.2) is 0 Å². The zero-order chi connectivity index (χ0) is 16.1. The van der Waals surface area contributed by atoms with Crippen LogP contribution in [0, 0.1) is 12.8 Å². The molecule has 0 aromatic carbocycles. The van der Waals surface area contributed by atoms with E-state index in [1.807, 2.05) is 12.3 Å². The number of aromatic nitrogens is 3. The summed E-state index contributed by atoms with van der Waals surface area (Å²) < 4.78 is 0. The maximum absolute atomic E-state index is 9.36. The van der Waals surface area contributed by atoms with Crippen molar-refractivity contribution in [1.82, 2.24) is 15.0 Å². The van der Waals surface area contributed by atoms with E-state index in [2.05, 4.69) is 32.1 Å². The van der Waals surface area contributed by atoms with Crippen LogP contribution >= 0.6 is 11.3 Å². The minimum Gasteiger partial charge on any atom is -0.396 e. The Bertz CT molecular complexity index is 632. The highest BCUT2D eigenvalue weighted by Gasteiger charge is 2.20. The molecule has 1 saturated heterocycles. The predicted molar refractivity (Wildman–Crippen MR) is 93.1 cm³/mol. The fourth-order valence-electron chi connectivity index (χ4n) is 2.85. The van der Waals surface area contributed by atoms with E-state index in [1.165, 1.54) is 4.88 Å². The van der Waals surface area contributed by atoms with Crippen LogP contribution in [-0.2, 0) is 6.42 Å². The quantitative estimate of drug-likeness (QED) is 0.843. The molecule has 1 aliphatic heterocycles. The molecule has 0 bridgehead atoms. The van der Waals surface area contributed by atoms with Gasteiger partial charge < -0.3 is 15.3 Å². The summed E-state index contributed by atoms with van der Waals surface area (Å²) in [6.07, 6.45) is 6.61. The summed E-state index contributed by atoms with van der Waals surface area (Å²) in [4.78, 5) is 16.5. The maximum atomic E-state index is 9.36. The molecule has 2 aromatic rings. The molecular weight excluding hydrogens is 310 g/mol. The molecule has 0 saturated carbocycles. The SMILES string of the molecule is Cc1cnc(CCNc2cc(N3CCCC(CO)C3)ncn2)s1. The first-order valence-electron chi connectivity index (χ1n) is 8.07. The number of piperidine rings is 1. The van der Waals surface area contributed by atoms with Gasteiger partial charge in [0.05, 0.1) is 5.01 Å². The number of rotatable bonds is 6. The van der Waals surface area contributed by atoms with Crippen LogP contribution in [-0.4, -0.2) is 46.3 Å². The monoisotopic (exact) mass is 333 g/mol. The van der Waals surface area contributed by atoms with E-state index in [9.17, 15) is 5.11 Å². The fourth-order valence-corrected chi connectivity index (χ4v) is 3.64. The van der Waals surface area contributed by atoms with Crippen molar-refractivity contribution in [3.63, 3.8) is 0 Å². The summed E-state index contributed by atoms with van der Waals surface area (Å²) in [7, 11) is 0. The Morgan fingerprint density at radius 2 is 2.30 bits per heavy atom. The molecule has 2 aromatic heterocycles. The van der Waals surface area contributed by atoms with Gasteiger partial charge >= 0.3 is 0 Å². The number of aryl methyl sites for hydroxylation is 1. The lowest BCUT2D eigenvalue weighted by molar-refractivity contribution is 0.208. The summed E-state index contributed by atoms with van der Waals surface area (Å²) in [5, 5.41) is 13.9. The van der Waals surface area contributed by atoms with Gasteiger partial charge in [-0.1, -0.05) is 0 Å². The van der Waals surface area contributed by atoms with E-state index >= 15 is 0 Å². The smallest absolute Gasteiger partial charge is 0.134 e. The number of aliphatic hydroxyl groups is 1. The van der Waals surface area contributed by atoms with Crippen LogP contribution in [0.25, 0.3) is 0 Å². The van der Waals surface area contributed by atoms with Crippen LogP contribution in [0.1, 0.15) is 22.7 Å². The lowest BCUT2D eigenvalue weighted by Gasteiger charge is -2.32. The molecule has 0 aliphatic carbocycles. The molecule has 1 atom stereocenters. The average Bonchev–Trinajstić information content (AvgIpc) is 3.00. The van der Waals surface area contributed by atoms with Gasteiger partial charge in [0, 0.05) is 49.8 Å². The fraction of sp³-hybridized carbons (Fsp3) is 0.562. The molecule has 124 valence electrons. The predicted octanol–water partition coefficient (Wildman–Crippen LogP) is 2.10. The Morgan fingerprint density at radius 1 is 1.39 bits per heavy atom. The first-order valence-corrected chi connectivity index (χ1v) is 8.89. The summed E-state index contributed by atoms with van der Waals surface area (Å²) in [5.41, 5.74) is 0. The van der Waals surface area contributed by atoms with Gasteiger partial charge in [-0.25, -0.2) is 15.0 Å². The van der Waals surface area contributed by atoms with Crippen molar-refractivity contribution in [2.75, 3.05) is 36.5 Å². The van der Waals surface area contributed by atoms with Crippen molar-refractivity contribution in [2.24, 2.45) is 5.92 Å². The van der Waals surface area contributed by atoms with E-state index in [-0.39, 0.29) is 6.61 Å². The molecule has 0 amide bonds. The molecule has 23 heavy (non-hydrogen) atoms. The Balaban J connectivity index is 1.56. The van der Waals surface area contributed by atoms with Crippen molar-refractivity contribution < 1.29 is 5.11 Å². The van der Waals surface area contributed by atoms with E-state index in [1.54, 1.807) is 17.7 Å². The van der Waals surface area contributed by atoms with Gasteiger partial charge in [-0.2, -0.15) is 0 Å². The largest absolute Gasteiger partial charge is 0.396 e. The molecule has 2 N–H and O–H groups in total. The highest BCUT2D eigenvalue weighted by atomic mass is 32.1. The number of hydrogen-bond donors (Lipinski definition) is 2.